The molecule has 1 aliphatic heterocycles. The highest BCUT2D eigenvalue weighted by Gasteiger charge is 2.28. The second-order valence-electron chi connectivity index (χ2n) is 8.32. The number of fused-ring (bicyclic) bond motifs is 1. The molecule has 0 spiro atoms. The van der Waals surface area contributed by atoms with Crippen molar-refractivity contribution in [2.45, 2.75) is 51.3 Å². The average molecular weight is 485 g/mol. The summed E-state index contributed by atoms with van der Waals surface area (Å²) >= 11 is 0. The van der Waals surface area contributed by atoms with Gasteiger partial charge in [0.05, 0.1) is 16.3 Å². The molecule has 1 aliphatic rings. The molecule has 0 bridgehead atoms. The van der Waals surface area contributed by atoms with Crippen LogP contribution in [0.5, 0.6) is 0 Å². The number of anilines is 2. The summed E-state index contributed by atoms with van der Waals surface area (Å²) in [7, 11) is -4.07. The van der Waals surface area contributed by atoms with Crippen LogP contribution in [0.3, 0.4) is 0 Å². The first kappa shape index (κ1) is 23.6. The molecule has 0 atom stereocenters. The van der Waals surface area contributed by atoms with Gasteiger partial charge in [-0.25, -0.2) is 12.8 Å². The minimum Gasteiger partial charge on any atom is -0.310 e. The van der Waals surface area contributed by atoms with E-state index in [4.69, 9.17) is 0 Å². The lowest BCUT2D eigenvalue weighted by Crippen LogP contribution is -2.15. The smallest absolute Gasteiger partial charge is 0.262 e. The molecular formula is C24H25FN4O4S. The number of nitrogens with zero attached hydrogens (tertiary/aromatic N) is 2. The quantitative estimate of drug-likeness (QED) is 0.538. The molecule has 4 rings (SSSR count). The number of hydrogen-bond acceptors (Lipinski definition) is 5. The van der Waals surface area contributed by atoms with E-state index in [9.17, 15) is 22.4 Å². The molecule has 0 fully saturated rings. The van der Waals surface area contributed by atoms with E-state index in [0.717, 1.165) is 12.5 Å². The van der Waals surface area contributed by atoms with Crippen LogP contribution in [-0.2, 0) is 21.2 Å². The van der Waals surface area contributed by atoms with E-state index in [0.29, 0.717) is 34.4 Å². The Morgan fingerprint density at radius 3 is 2.56 bits per heavy atom. The van der Waals surface area contributed by atoms with Crippen molar-refractivity contribution in [2.75, 3.05) is 10.0 Å². The summed E-state index contributed by atoms with van der Waals surface area (Å²) in [4.78, 5) is 24.8. The Labute approximate surface area is 197 Å². The molecule has 10 heteroatoms. The molecule has 34 heavy (non-hydrogen) atoms. The van der Waals surface area contributed by atoms with Crippen LogP contribution in [-0.4, -0.2) is 30.0 Å². The fourth-order valence-corrected chi connectivity index (χ4v) is 5.34. The van der Waals surface area contributed by atoms with Gasteiger partial charge in [0.25, 0.3) is 10.0 Å². The third-order valence-corrected chi connectivity index (χ3v) is 7.22. The number of carbonyl (C=O) groups is 2. The second-order valence-corrected chi connectivity index (χ2v) is 9.97. The lowest BCUT2D eigenvalue weighted by molar-refractivity contribution is -0.116. The summed E-state index contributed by atoms with van der Waals surface area (Å²) in [6.45, 7) is 5.30. The van der Waals surface area contributed by atoms with Gasteiger partial charge in [-0.05, 0) is 55.2 Å². The maximum atomic E-state index is 13.7. The van der Waals surface area contributed by atoms with E-state index in [1.54, 1.807) is 26.0 Å². The highest BCUT2D eigenvalue weighted by Crippen LogP contribution is 2.36. The number of benzene rings is 2. The van der Waals surface area contributed by atoms with Gasteiger partial charge in [0, 0.05) is 18.4 Å². The average Bonchev–Trinajstić information content (AvgIpc) is 3.05. The van der Waals surface area contributed by atoms with Crippen molar-refractivity contribution in [1.82, 2.24) is 9.78 Å². The van der Waals surface area contributed by atoms with Crippen LogP contribution in [0, 0.1) is 19.7 Å². The van der Waals surface area contributed by atoms with Crippen LogP contribution in [0.4, 0.5) is 15.9 Å². The maximum absolute atomic E-state index is 13.7. The lowest BCUT2D eigenvalue weighted by Gasteiger charge is -2.14. The van der Waals surface area contributed by atoms with Gasteiger partial charge in [0.2, 0.25) is 11.8 Å². The van der Waals surface area contributed by atoms with Crippen LogP contribution in [0.15, 0.2) is 41.3 Å². The van der Waals surface area contributed by atoms with Crippen molar-refractivity contribution in [1.29, 1.82) is 0 Å². The van der Waals surface area contributed by atoms with Crippen LogP contribution < -0.4 is 10.0 Å². The zero-order valence-corrected chi connectivity index (χ0v) is 19.9. The normalized spacial score (nSPS) is 13.9. The first-order chi connectivity index (χ1) is 16.1. The third-order valence-electron chi connectivity index (χ3n) is 5.71. The Morgan fingerprint density at radius 1 is 1.09 bits per heavy atom. The van der Waals surface area contributed by atoms with Gasteiger partial charge in [-0.2, -0.15) is 9.78 Å². The summed E-state index contributed by atoms with van der Waals surface area (Å²) in [5.74, 6) is -0.919. The molecule has 0 saturated carbocycles. The van der Waals surface area contributed by atoms with Crippen LogP contribution in [0.1, 0.15) is 47.8 Å². The van der Waals surface area contributed by atoms with Gasteiger partial charge in [0.15, 0.2) is 0 Å². The van der Waals surface area contributed by atoms with E-state index in [-0.39, 0.29) is 41.1 Å². The van der Waals surface area contributed by atoms with Gasteiger partial charge < -0.3 is 5.32 Å². The number of rotatable bonds is 6. The SMILES string of the molecule is CCCc1nn2c(c1-c1ccc(C)c(S(=O)(=O)Nc3cc(F)ccc3C)c1)NC(=O)CCC2=O. The zero-order chi connectivity index (χ0) is 24.6. The monoisotopic (exact) mass is 484 g/mol. The maximum Gasteiger partial charge on any atom is 0.262 e. The second kappa shape index (κ2) is 9.02. The van der Waals surface area contributed by atoms with Crippen LogP contribution >= 0.6 is 0 Å². The van der Waals surface area contributed by atoms with Crippen molar-refractivity contribution in [3.05, 3.63) is 59.0 Å². The zero-order valence-electron chi connectivity index (χ0n) is 19.1. The van der Waals surface area contributed by atoms with Crippen molar-refractivity contribution < 1.29 is 22.4 Å². The molecule has 0 unspecified atom stereocenters. The highest BCUT2D eigenvalue weighted by molar-refractivity contribution is 7.92. The van der Waals surface area contributed by atoms with Gasteiger partial charge in [-0.15, -0.1) is 0 Å². The fourth-order valence-electron chi connectivity index (χ4n) is 3.94. The molecule has 2 aromatic carbocycles. The Bertz CT molecular complexity index is 1410. The van der Waals surface area contributed by atoms with Gasteiger partial charge >= 0.3 is 0 Å². The number of sulfonamides is 1. The molecule has 0 saturated heterocycles. The Balaban J connectivity index is 1.85. The first-order valence-electron chi connectivity index (χ1n) is 11.0. The Hall–Kier alpha value is -3.53. The van der Waals surface area contributed by atoms with Crippen LogP contribution in [0.25, 0.3) is 11.1 Å². The minimum absolute atomic E-state index is 0.00216. The van der Waals surface area contributed by atoms with Gasteiger partial charge in [0.1, 0.15) is 11.6 Å². The summed E-state index contributed by atoms with van der Waals surface area (Å²) in [6.07, 6.45) is 1.36. The number of aryl methyl sites for hydroxylation is 3. The number of hydrogen-bond donors (Lipinski definition) is 2. The van der Waals surface area contributed by atoms with Crippen LogP contribution in [0.2, 0.25) is 0 Å². The lowest BCUT2D eigenvalue weighted by atomic mass is 10.0. The number of aromatic nitrogens is 2. The van der Waals surface area contributed by atoms with Gasteiger partial charge in [-0.3, -0.25) is 14.3 Å². The fraction of sp³-hybridized carbons (Fsp3) is 0.292. The summed E-state index contributed by atoms with van der Waals surface area (Å²) < 4.78 is 44.0. The highest BCUT2D eigenvalue weighted by atomic mass is 32.2. The summed E-state index contributed by atoms with van der Waals surface area (Å²) in [5.41, 5.74) is 2.82. The molecule has 3 aromatic rings. The Morgan fingerprint density at radius 2 is 1.82 bits per heavy atom. The molecule has 8 nitrogen and oxygen atoms in total. The van der Waals surface area contributed by atoms with Crippen molar-refractivity contribution >= 4 is 33.3 Å². The summed E-state index contributed by atoms with van der Waals surface area (Å²) in [5, 5.41) is 7.20. The number of carbonyl (C=O) groups excluding carboxylic acids is 2. The molecular weight excluding hydrogens is 459 g/mol. The summed E-state index contributed by atoms with van der Waals surface area (Å²) in [6, 6.07) is 8.77. The molecule has 0 radical (unpaired) electrons. The predicted octanol–water partition coefficient (Wildman–Crippen LogP) is 4.43. The standard InChI is InChI=1S/C24H25FN4O4S/c1-4-5-18-23(24-26-21(30)10-11-22(31)29(24)27-18)16-8-6-15(3)20(12-16)34(32,33)28-19-13-17(25)9-7-14(19)2/h6-9,12-13,28H,4-5,10-11H2,1-3H3,(H,26,30). The molecule has 2 heterocycles. The molecule has 1 amide bonds. The minimum atomic E-state index is -4.07. The third kappa shape index (κ3) is 4.45. The van der Waals surface area contributed by atoms with E-state index in [2.05, 4.69) is 15.1 Å². The van der Waals surface area contributed by atoms with Crippen molar-refractivity contribution in [3.8, 4) is 11.1 Å². The van der Waals surface area contributed by atoms with E-state index >= 15 is 0 Å². The van der Waals surface area contributed by atoms with Crippen molar-refractivity contribution in [3.63, 3.8) is 0 Å². The van der Waals surface area contributed by atoms with E-state index in [1.165, 1.54) is 22.9 Å². The van der Waals surface area contributed by atoms with E-state index < -0.39 is 15.8 Å². The molecule has 178 valence electrons. The van der Waals surface area contributed by atoms with Gasteiger partial charge in [-0.1, -0.05) is 31.5 Å². The first-order valence-corrected chi connectivity index (χ1v) is 12.4. The number of halogens is 1. The molecule has 0 aliphatic carbocycles. The number of amides is 1. The predicted molar refractivity (Wildman–Crippen MR) is 127 cm³/mol. The van der Waals surface area contributed by atoms with Crippen molar-refractivity contribution in [2.24, 2.45) is 0 Å². The largest absolute Gasteiger partial charge is 0.310 e. The van der Waals surface area contributed by atoms with E-state index in [1.807, 2.05) is 6.92 Å². The Kier molecular flexibility index (Phi) is 6.26. The molecule has 1 aromatic heterocycles. The molecule has 2 N–H and O–H groups in total. The number of nitrogens with one attached hydrogen (secondary N) is 2. The topological polar surface area (TPSA) is 110 Å².